The van der Waals surface area contributed by atoms with Gasteiger partial charge in [-0.05, 0) is 37.7 Å². The number of nitriles is 1. The van der Waals surface area contributed by atoms with E-state index in [2.05, 4.69) is 16.3 Å². The third-order valence-corrected chi connectivity index (χ3v) is 3.92. The van der Waals surface area contributed by atoms with Crippen molar-refractivity contribution in [1.82, 2.24) is 10.2 Å². The van der Waals surface area contributed by atoms with Crippen LogP contribution in [-0.4, -0.2) is 29.1 Å². The van der Waals surface area contributed by atoms with Gasteiger partial charge in [-0.2, -0.15) is 10.4 Å². The summed E-state index contributed by atoms with van der Waals surface area (Å²) in [4.78, 5) is 13.2. The Hall–Kier alpha value is -1.96. The van der Waals surface area contributed by atoms with Gasteiger partial charge in [0.1, 0.15) is 17.9 Å². The molecule has 1 aromatic heterocycles. The van der Waals surface area contributed by atoms with E-state index in [4.69, 9.17) is 0 Å². The lowest BCUT2D eigenvalue weighted by Crippen LogP contribution is -2.42. The van der Waals surface area contributed by atoms with Crippen molar-refractivity contribution in [3.8, 4) is 6.07 Å². The van der Waals surface area contributed by atoms with Crippen molar-refractivity contribution in [2.24, 2.45) is 0 Å². The molecular formula is C15H20N4O. The van der Waals surface area contributed by atoms with Gasteiger partial charge >= 0.3 is 0 Å². The smallest absolute Gasteiger partial charge is 0.170 e. The second kappa shape index (κ2) is 6.47. The summed E-state index contributed by atoms with van der Waals surface area (Å²) in [5.41, 5.74) is 2.44. The molecule has 0 aromatic carbocycles. The summed E-state index contributed by atoms with van der Waals surface area (Å²) in [6.45, 7) is 4.80. The Labute approximate surface area is 119 Å². The van der Waals surface area contributed by atoms with Gasteiger partial charge in [-0.1, -0.05) is 13.8 Å². The van der Waals surface area contributed by atoms with Gasteiger partial charge in [-0.25, -0.2) is 0 Å². The van der Waals surface area contributed by atoms with E-state index in [1.165, 1.54) is 0 Å². The minimum absolute atomic E-state index is 0.178. The zero-order chi connectivity index (χ0) is 14.5. The molecule has 0 radical (unpaired) electrons. The van der Waals surface area contributed by atoms with Crippen LogP contribution in [0.3, 0.4) is 0 Å². The number of hydrogen-bond acceptors (Lipinski definition) is 5. The topological polar surface area (TPSA) is 69.9 Å². The van der Waals surface area contributed by atoms with Crippen LogP contribution in [0, 0.1) is 11.3 Å². The lowest BCUT2D eigenvalue weighted by atomic mass is 9.99. The molecule has 0 saturated carbocycles. The Kier molecular flexibility index (Phi) is 4.67. The summed E-state index contributed by atoms with van der Waals surface area (Å²) in [5.74, 6) is 0.582. The largest absolute Gasteiger partial charge is 0.344 e. The third kappa shape index (κ3) is 2.51. The summed E-state index contributed by atoms with van der Waals surface area (Å²) >= 11 is 0. The molecule has 1 fully saturated rings. The molecule has 0 amide bonds. The number of piperidine rings is 1. The van der Waals surface area contributed by atoms with Crippen molar-refractivity contribution in [1.29, 1.82) is 5.26 Å². The zero-order valence-corrected chi connectivity index (χ0v) is 12.1. The van der Waals surface area contributed by atoms with Gasteiger partial charge in [0, 0.05) is 6.54 Å². The number of anilines is 1. The standard InChI is InChI=1S/C15H20N4O/c1-3-12-13(9-16)15(18-17-14(12)4-2)19-8-6-5-7-11(19)10-20/h10-11H,3-8H2,1-2H3. The molecule has 2 heterocycles. The van der Waals surface area contributed by atoms with Gasteiger partial charge in [0.15, 0.2) is 5.82 Å². The van der Waals surface area contributed by atoms with Crippen LogP contribution in [-0.2, 0) is 17.6 Å². The van der Waals surface area contributed by atoms with E-state index in [1.54, 1.807) is 0 Å². The van der Waals surface area contributed by atoms with Gasteiger partial charge in [0.25, 0.3) is 0 Å². The average molecular weight is 272 g/mol. The molecule has 0 N–H and O–H groups in total. The van der Waals surface area contributed by atoms with Crippen molar-refractivity contribution in [3.63, 3.8) is 0 Å². The minimum Gasteiger partial charge on any atom is -0.344 e. The molecule has 0 aliphatic carbocycles. The Morgan fingerprint density at radius 3 is 2.75 bits per heavy atom. The summed E-state index contributed by atoms with van der Waals surface area (Å²) in [7, 11) is 0. The Morgan fingerprint density at radius 1 is 1.35 bits per heavy atom. The highest BCUT2D eigenvalue weighted by atomic mass is 16.1. The number of carbonyl (C=O) groups excluding carboxylic acids is 1. The van der Waals surface area contributed by atoms with E-state index in [-0.39, 0.29) is 6.04 Å². The maximum absolute atomic E-state index is 11.2. The molecule has 1 aliphatic rings. The predicted molar refractivity (Wildman–Crippen MR) is 76.6 cm³/mol. The molecule has 20 heavy (non-hydrogen) atoms. The molecule has 1 aliphatic heterocycles. The quantitative estimate of drug-likeness (QED) is 0.784. The highest BCUT2D eigenvalue weighted by Crippen LogP contribution is 2.28. The summed E-state index contributed by atoms with van der Waals surface area (Å²) in [6, 6.07) is 2.09. The first-order valence-electron chi connectivity index (χ1n) is 7.27. The zero-order valence-electron chi connectivity index (χ0n) is 12.1. The van der Waals surface area contributed by atoms with Crippen LogP contribution in [0.4, 0.5) is 5.82 Å². The fourth-order valence-corrected chi connectivity index (χ4v) is 2.84. The van der Waals surface area contributed by atoms with Crippen LogP contribution in [0.1, 0.15) is 49.9 Å². The highest BCUT2D eigenvalue weighted by molar-refractivity contribution is 5.68. The molecule has 0 spiro atoms. The number of hydrogen-bond donors (Lipinski definition) is 0. The second-order valence-electron chi connectivity index (χ2n) is 5.04. The van der Waals surface area contributed by atoms with E-state index in [0.29, 0.717) is 11.4 Å². The number of rotatable bonds is 4. The van der Waals surface area contributed by atoms with Gasteiger partial charge in [0.2, 0.25) is 0 Å². The van der Waals surface area contributed by atoms with E-state index < -0.39 is 0 Å². The van der Waals surface area contributed by atoms with Gasteiger partial charge in [-0.15, -0.1) is 5.10 Å². The minimum atomic E-state index is -0.178. The van der Waals surface area contributed by atoms with Crippen LogP contribution >= 0.6 is 0 Å². The molecule has 5 heteroatoms. The number of aryl methyl sites for hydroxylation is 1. The third-order valence-electron chi connectivity index (χ3n) is 3.92. The van der Waals surface area contributed by atoms with Crippen LogP contribution in [0.2, 0.25) is 0 Å². The van der Waals surface area contributed by atoms with E-state index >= 15 is 0 Å². The maximum atomic E-state index is 11.2. The molecule has 0 bridgehead atoms. The van der Waals surface area contributed by atoms with Crippen LogP contribution in [0.25, 0.3) is 0 Å². The first kappa shape index (κ1) is 14.4. The maximum Gasteiger partial charge on any atom is 0.170 e. The van der Waals surface area contributed by atoms with E-state index in [1.807, 2.05) is 18.7 Å². The SMILES string of the molecule is CCc1nnc(N2CCCCC2C=O)c(C#N)c1CC. The number of aromatic nitrogens is 2. The number of aldehydes is 1. The fraction of sp³-hybridized carbons (Fsp3) is 0.600. The molecular weight excluding hydrogens is 252 g/mol. The van der Waals surface area contributed by atoms with Gasteiger partial charge in [0.05, 0.1) is 11.7 Å². The fourth-order valence-electron chi connectivity index (χ4n) is 2.84. The van der Waals surface area contributed by atoms with Crippen LogP contribution in [0.5, 0.6) is 0 Å². The summed E-state index contributed by atoms with van der Waals surface area (Å²) in [5, 5.41) is 18.0. The molecule has 1 atom stereocenters. The molecule has 5 nitrogen and oxygen atoms in total. The first-order chi connectivity index (χ1) is 9.76. The van der Waals surface area contributed by atoms with Crippen molar-refractivity contribution in [3.05, 3.63) is 16.8 Å². The van der Waals surface area contributed by atoms with Crippen molar-refractivity contribution < 1.29 is 4.79 Å². The summed E-state index contributed by atoms with van der Waals surface area (Å²) < 4.78 is 0. The van der Waals surface area contributed by atoms with Gasteiger partial charge in [-0.3, -0.25) is 0 Å². The monoisotopic (exact) mass is 272 g/mol. The van der Waals surface area contributed by atoms with Crippen molar-refractivity contribution in [2.75, 3.05) is 11.4 Å². The summed E-state index contributed by atoms with van der Waals surface area (Å²) in [6.07, 6.45) is 5.38. The van der Waals surface area contributed by atoms with E-state index in [0.717, 1.165) is 56.2 Å². The molecule has 1 saturated heterocycles. The Morgan fingerprint density at radius 2 is 2.15 bits per heavy atom. The molecule has 1 unspecified atom stereocenters. The van der Waals surface area contributed by atoms with Crippen LogP contribution < -0.4 is 4.90 Å². The normalized spacial score (nSPS) is 18.6. The lowest BCUT2D eigenvalue weighted by Gasteiger charge is -2.33. The Bertz CT molecular complexity index is 535. The second-order valence-corrected chi connectivity index (χ2v) is 5.04. The number of carbonyl (C=O) groups is 1. The first-order valence-corrected chi connectivity index (χ1v) is 7.27. The highest BCUT2D eigenvalue weighted by Gasteiger charge is 2.27. The Balaban J connectivity index is 2.51. The molecule has 1 aromatic rings. The van der Waals surface area contributed by atoms with Crippen molar-refractivity contribution in [2.45, 2.75) is 52.0 Å². The lowest BCUT2D eigenvalue weighted by molar-refractivity contribution is -0.109. The average Bonchev–Trinajstić information content (AvgIpc) is 2.53. The predicted octanol–water partition coefficient (Wildman–Crippen LogP) is 2.03. The van der Waals surface area contributed by atoms with Crippen LogP contribution in [0.15, 0.2) is 0 Å². The molecule has 106 valence electrons. The van der Waals surface area contributed by atoms with Crippen molar-refractivity contribution >= 4 is 12.1 Å². The molecule has 2 rings (SSSR count). The number of nitrogens with zero attached hydrogens (tertiary/aromatic N) is 4. The van der Waals surface area contributed by atoms with E-state index in [9.17, 15) is 10.1 Å². The van der Waals surface area contributed by atoms with Gasteiger partial charge < -0.3 is 9.69 Å².